The number of carbonyl (C=O) groups is 3. The molecular weight excluding hydrogens is 356 g/mol. The summed E-state index contributed by atoms with van der Waals surface area (Å²) in [5, 5.41) is 5.58. The highest BCUT2D eigenvalue weighted by atomic mass is 35.5. The molecule has 6 nitrogen and oxygen atoms in total. The van der Waals surface area contributed by atoms with Crippen molar-refractivity contribution in [2.24, 2.45) is 0 Å². The van der Waals surface area contributed by atoms with E-state index in [0.29, 0.717) is 5.02 Å². The van der Waals surface area contributed by atoms with Crippen molar-refractivity contribution in [1.29, 1.82) is 0 Å². The molecule has 3 amide bonds. The fourth-order valence-corrected chi connectivity index (χ4v) is 2.81. The summed E-state index contributed by atoms with van der Waals surface area (Å²) in [6.07, 6.45) is 6.86. The molecule has 0 bridgehead atoms. The van der Waals surface area contributed by atoms with E-state index in [9.17, 15) is 14.4 Å². The number of hydrogen-bond donors (Lipinski definition) is 2. The lowest BCUT2D eigenvalue weighted by atomic mass is 9.96. The van der Waals surface area contributed by atoms with Crippen molar-refractivity contribution in [2.45, 2.75) is 51.2 Å². The van der Waals surface area contributed by atoms with Gasteiger partial charge in [-0.25, -0.2) is 9.59 Å². The third kappa shape index (κ3) is 6.88. The summed E-state index contributed by atoms with van der Waals surface area (Å²) in [5.41, 5.74) is 0.773. The van der Waals surface area contributed by atoms with Gasteiger partial charge in [0.1, 0.15) is 0 Å². The standard InChI is InChI=1S/C19H23ClN2O4/c1-13(18(24)22-19(25)21-16-5-3-2-4-6-16)26-17(23)12-9-14-7-10-15(20)11-8-14/h7-13,16H,2-6H2,1H3,(H2,21,22,24,25)/b12-9+/t13-/m1/s1. The molecule has 7 heteroatoms. The number of benzene rings is 1. The summed E-state index contributed by atoms with van der Waals surface area (Å²) in [4.78, 5) is 35.6. The van der Waals surface area contributed by atoms with E-state index in [-0.39, 0.29) is 6.04 Å². The predicted molar refractivity (Wildman–Crippen MR) is 99.6 cm³/mol. The van der Waals surface area contributed by atoms with Gasteiger partial charge in [0.2, 0.25) is 0 Å². The third-order valence-corrected chi connectivity index (χ3v) is 4.37. The number of esters is 1. The van der Waals surface area contributed by atoms with Crippen LogP contribution >= 0.6 is 11.6 Å². The number of halogens is 1. The van der Waals surface area contributed by atoms with Crippen molar-refractivity contribution in [3.8, 4) is 0 Å². The van der Waals surface area contributed by atoms with Gasteiger partial charge < -0.3 is 10.1 Å². The van der Waals surface area contributed by atoms with E-state index in [2.05, 4.69) is 10.6 Å². The lowest BCUT2D eigenvalue weighted by molar-refractivity contribution is -0.149. The molecular formula is C19H23ClN2O4. The highest BCUT2D eigenvalue weighted by molar-refractivity contribution is 6.30. The van der Waals surface area contributed by atoms with Crippen LogP contribution in [0, 0.1) is 0 Å². The van der Waals surface area contributed by atoms with Gasteiger partial charge in [0.25, 0.3) is 5.91 Å². The Balaban J connectivity index is 1.75. The number of amides is 3. The van der Waals surface area contributed by atoms with Crippen LogP contribution in [0.5, 0.6) is 0 Å². The van der Waals surface area contributed by atoms with Crippen molar-refractivity contribution in [3.63, 3.8) is 0 Å². The van der Waals surface area contributed by atoms with Crippen LogP contribution in [0.25, 0.3) is 6.08 Å². The third-order valence-electron chi connectivity index (χ3n) is 4.12. The van der Waals surface area contributed by atoms with Crippen LogP contribution in [0.3, 0.4) is 0 Å². The molecule has 2 rings (SSSR count). The quantitative estimate of drug-likeness (QED) is 0.607. The smallest absolute Gasteiger partial charge is 0.331 e. The first-order valence-corrected chi connectivity index (χ1v) is 9.07. The molecule has 0 aromatic heterocycles. The van der Waals surface area contributed by atoms with E-state index in [1.165, 1.54) is 19.4 Å². The molecule has 1 aromatic rings. The number of nitrogens with one attached hydrogen (secondary N) is 2. The Hall–Kier alpha value is -2.34. The van der Waals surface area contributed by atoms with E-state index in [1.54, 1.807) is 30.3 Å². The first kappa shape index (κ1) is 20.0. The van der Waals surface area contributed by atoms with E-state index in [0.717, 1.165) is 31.2 Å². The van der Waals surface area contributed by atoms with Gasteiger partial charge in [0, 0.05) is 17.1 Å². The number of carbonyl (C=O) groups excluding carboxylic acids is 3. The van der Waals surface area contributed by atoms with Crippen molar-refractivity contribution in [1.82, 2.24) is 10.6 Å². The molecule has 0 heterocycles. The molecule has 1 fully saturated rings. The van der Waals surface area contributed by atoms with Gasteiger partial charge in [-0.15, -0.1) is 0 Å². The molecule has 0 radical (unpaired) electrons. The largest absolute Gasteiger partial charge is 0.449 e. The van der Waals surface area contributed by atoms with Crippen LogP contribution in [0.4, 0.5) is 4.79 Å². The fourth-order valence-electron chi connectivity index (χ4n) is 2.69. The molecule has 140 valence electrons. The second-order valence-electron chi connectivity index (χ2n) is 6.26. The molecule has 26 heavy (non-hydrogen) atoms. The first-order valence-electron chi connectivity index (χ1n) is 8.69. The molecule has 0 unspecified atom stereocenters. The SMILES string of the molecule is C[C@@H](OC(=O)/C=C/c1ccc(Cl)cc1)C(=O)NC(=O)NC1CCCCC1. The summed E-state index contributed by atoms with van der Waals surface area (Å²) in [5.74, 6) is -1.33. The maximum atomic E-state index is 12.0. The van der Waals surface area contributed by atoms with E-state index >= 15 is 0 Å². The normalized spacial score (nSPS) is 16.1. The molecule has 1 aliphatic rings. The summed E-state index contributed by atoms with van der Waals surface area (Å²) < 4.78 is 5.00. The van der Waals surface area contributed by atoms with Crippen LogP contribution in [-0.2, 0) is 14.3 Å². The van der Waals surface area contributed by atoms with Gasteiger partial charge in [-0.3, -0.25) is 10.1 Å². The number of urea groups is 1. The van der Waals surface area contributed by atoms with E-state index in [4.69, 9.17) is 16.3 Å². The Morgan fingerprint density at radius 3 is 2.46 bits per heavy atom. The summed E-state index contributed by atoms with van der Waals surface area (Å²) in [6.45, 7) is 1.41. The van der Waals surface area contributed by atoms with Gasteiger partial charge in [-0.2, -0.15) is 0 Å². The number of ether oxygens (including phenoxy) is 1. The van der Waals surface area contributed by atoms with Gasteiger partial charge in [-0.1, -0.05) is 43.0 Å². The molecule has 1 atom stereocenters. The fraction of sp³-hybridized carbons (Fsp3) is 0.421. The van der Waals surface area contributed by atoms with Crippen LogP contribution in [-0.4, -0.2) is 30.1 Å². The minimum absolute atomic E-state index is 0.0942. The second kappa shape index (κ2) is 9.97. The van der Waals surface area contributed by atoms with Crippen LogP contribution < -0.4 is 10.6 Å². The summed E-state index contributed by atoms with van der Waals surface area (Å²) >= 11 is 5.79. The van der Waals surface area contributed by atoms with Crippen molar-refractivity contribution in [3.05, 3.63) is 40.9 Å². The zero-order chi connectivity index (χ0) is 18.9. The Morgan fingerprint density at radius 1 is 1.15 bits per heavy atom. The zero-order valence-electron chi connectivity index (χ0n) is 14.7. The van der Waals surface area contributed by atoms with Gasteiger partial charge in [0.05, 0.1) is 0 Å². The Kier molecular flexibility index (Phi) is 7.66. The van der Waals surface area contributed by atoms with Gasteiger partial charge in [0.15, 0.2) is 6.10 Å². The number of hydrogen-bond acceptors (Lipinski definition) is 4. The summed E-state index contributed by atoms with van der Waals surface area (Å²) in [7, 11) is 0. The lowest BCUT2D eigenvalue weighted by Crippen LogP contribution is -2.48. The predicted octanol–water partition coefficient (Wildman–Crippen LogP) is 3.44. The maximum Gasteiger partial charge on any atom is 0.331 e. The average molecular weight is 379 g/mol. The maximum absolute atomic E-state index is 12.0. The number of imide groups is 1. The minimum atomic E-state index is -1.07. The van der Waals surface area contributed by atoms with Gasteiger partial charge in [-0.05, 0) is 43.5 Å². The van der Waals surface area contributed by atoms with E-state index < -0.39 is 24.0 Å². The average Bonchev–Trinajstić information content (AvgIpc) is 2.62. The minimum Gasteiger partial charge on any atom is -0.449 e. The zero-order valence-corrected chi connectivity index (χ0v) is 15.4. The first-order chi connectivity index (χ1) is 12.4. The highest BCUT2D eigenvalue weighted by Gasteiger charge is 2.21. The molecule has 0 aliphatic heterocycles. The Bertz CT molecular complexity index is 667. The molecule has 0 saturated heterocycles. The monoisotopic (exact) mass is 378 g/mol. The molecule has 2 N–H and O–H groups in total. The van der Waals surface area contributed by atoms with Crippen molar-refractivity contribution >= 4 is 35.6 Å². The topological polar surface area (TPSA) is 84.5 Å². The van der Waals surface area contributed by atoms with Gasteiger partial charge >= 0.3 is 12.0 Å². The van der Waals surface area contributed by atoms with E-state index in [1.807, 2.05) is 0 Å². The second-order valence-corrected chi connectivity index (χ2v) is 6.70. The van der Waals surface area contributed by atoms with Crippen LogP contribution in [0.2, 0.25) is 5.02 Å². The molecule has 0 spiro atoms. The lowest BCUT2D eigenvalue weighted by Gasteiger charge is -2.23. The molecule has 1 saturated carbocycles. The highest BCUT2D eigenvalue weighted by Crippen LogP contribution is 2.17. The summed E-state index contributed by atoms with van der Waals surface area (Å²) in [6, 6.07) is 6.44. The number of rotatable bonds is 5. The van der Waals surface area contributed by atoms with Crippen LogP contribution in [0.15, 0.2) is 30.3 Å². The van der Waals surface area contributed by atoms with Crippen molar-refractivity contribution < 1.29 is 19.1 Å². The molecule has 1 aromatic carbocycles. The Labute approximate surface area is 157 Å². The van der Waals surface area contributed by atoms with Crippen LogP contribution in [0.1, 0.15) is 44.6 Å². The van der Waals surface area contributed by atoms with Crippen molar-refractivity contribution in [2.75, 3.05) is 0 Å². The molecule has 1 aliphatic carbocycles. The Morgan fingerprint density at radius 2 is 1.81 bits per heavy atom.